The molecular formula is C19H20N4O2S. The molecule has 0 radical (unpaired) electrons. The third kappa shape index (κ3) is 3.52. The van der Waals surface area contributed by atoms with Crippen LogP contribution in [0.5, 0.6) is 0 Å². The van der Waals surface area contributed by atoms with Gasteiger partial charge in [0.25, 0.3) is 5.91 Å². The molecule has 26 heavy (non-hydrogen) atoms. The normalized spacial score (nSPS) is 10.7. The van der Waals surface area contributed by atoms with E-state index in [1.54, 1.807) is 23.3 Å². The second kappa shape index (κ2) is 7.97. The second-order valence-electron chi connectivity index (χ2n) is 5.68. The molecule has 0 bridgehead atoms. The van der Waals surface area contributed by atoms with Crippen molar-refractivity contribution in [2.24, 2.45) is 0 Å². The summed E-state index contributed by atoms with van der Waals surface area (Å²) in [6.45, 7) is 10.8. The first-order chi connectivity index (χ1) is 12.7. The average Bonchev–Trinajstić information content (AvgIpc) is 3.27. The van der Waals surface area contributed by atoms with Gasteiger partial charge in [-0.1, -0.05) is 12.2 Å². The number of fused-ring (bicyclic) bond motifs is 1. The number of thiophene rings is 1. The molecule has 3 aromatic rings. The van der Waals surface area contributed by atoms with E-state index in [0.29, 0.717) is 30.3 Å². The Morgan fingerprint density at radius 2 is 2.12 bits per heavy atom. The maximum Gasteiger partial charge on any atom is 0.264 e. The highest BCUT2D eigenvalue weighted by Gasteiger charge is 2.22. The van der Waals surface area contributed by atoms with E-state index in [1.165, 1.54) is 17.7 Å². The Balaban J connectivity index is 1.94. The van der Waals surface area contributed by atoms with E-state index < -0.39 is 0 Å². The molecule has 3 aromatic heterocycles. The van der Waals surface area contributed by atoms with Gasteiger partial charge < -0.3 is 14.6 Å². The molecule has 0 atom stereocenters. The summed E-state index contributed by atoms with van der Waals surface area (Å²) in [7, 11) is 0. The number of carbonyl (C=O) groups is 1. The van der Waals surface area contributed by atoms with Gasteiger partial charge in [-0.25, -0.2) is 9.97 Å². The molecule has 0 aliphatic rings. The molecule has 0 aliphatic heterocycles. The third-order valence-corrected chi connectivity index (χ3v) is 5.11. The Bertz CT molecular complexity index is 921. The smallest absolute Gasteiger partial charge is 0.264 e. The summed E-state index contributed by atoms with van der Waals surface area (Å²) in [6, 6.07) is 3.73. The van der Waals surface area contributed by atoms with Crippen LogP contribution >= 0.6 is 11.3 Å². The highest BCUT2D eigenvalue weighted by molar-refractivity contribution is 7.20. The number of nitrogens with zero attached hydrogens (tertiary/aromatic N) is 3. The van der Waals surface area contributed by atoms with E-state index >= 15 is 0 Å². The third-order valence-electron chi connectivity index (χ3n) is 3.92. The minimum atomic E-state index is -0.0534. The van der Waals surface area contributed by atoms with Gasteiger partial charge >= 0.3 is 0 Å². The summed E-state index contributed by atoms with van der Waals surface area (Å²) in [5.41, 5.74) is 0.871. The summed E-state index contributed by atoms with van der Waals surface area (Å²) in [6.07, 6.45) is 6.55. The number of furan rings is 1. The van der Waals surface area contributed by atoms with Gasteiger partial charge in [0.1, 0.15) is 22.7 Å². The molecule has 134 valence electrons. The minimum Gasteiger partial charge on any atom is -0.467 e. The summed E-state index contributed by atoms with van der Waals surface area (Å²) < 4.78 is 5.34. The van der Waals surface area contributed by atoms with Crippen LogP contribution in [0.4, 0.5) is 5.82 Å². The van der Waals surface area contributed by atoms with Gasteiger partial charge in [0.05, 0.1) is 23.1 Å². The molecule has 1 amide bonds. The lowest BCUT2D eigenvalue weighted by Gasteiger charge is -2.18. The van der Waals surface area contributed by atoms with Crippen molar-refractivity contribution < 1.29 is 9.21 Å². The van der Waals surface area contributed by atoms with Gasteiger partial charge in [0, 0.05) is 13.1 Å². The number of hydrogen-bond donors (Lipinski definition) is 1. The average molecular weight is 368 g/mol. The van der Waals surface area contributed by atoms with Crippen molar-refractivity contribution in [2.75, 3.05) is 18.4 Å². The van der Waals surface area contributed by atoms with Gasteiger partial charge in [0.15, 0.2) is 0 Å². The second-order valence-corrected chi connectivity index (χ2v) is 6.68. The topological polar surface area (TPSA) is 71.3 Å². The van der Waals surface area contributed by atoms with Crippen LogP contribution in [0.15, 0.2) is 54.5 Å². The van der Waals surface area contributed by atoms with Crippen LogP contribution in [-0.4, -0.2) is 33.9 Å². The summed E-state index contributed by atoms with van der Waals surface area (Å²) in [5, 5.41) is 4.13. The number of amides is 1. The van der Waals surface area contributed by atoms with Crippen LogP contribution < -0.4 is 5.32 Å². The number of hydrogen-bond acceptors (Lipinski definition) is 6. The van der Waals surface area contributed by atoms with E-state index in [-0.39, 0.29) is 5.91 Å². The Kier molecular flexibility index (Phi) is 5.48. The largest absolute Gasteiger partial charge is 0.467 e. The van der Waals surface area contributed by atoms with Gasteiger partial charge in [-0.15, -0.1) is 24.5 Å². The fraction of sp³-hybridized carbons (Fsp3) is 0.211. The molecular weight excluding hydrogens is 348 g/mol. The Labute approximate surface area is 155 Å². The molecule has 0 saturated heterocycles. The first kappa shape index (κ1) is 17.9. The number of carbonyl (C=O) groups excluding carboxylic acids is 1. The molecule has 0 aliphatic carbocycles. The molecule has 7 heteroatoms. The monoisotopic (exact) mass is 368 g/mol. The number of aryl methyl sites for hydroxylation is 1. The first-order valence-electron chi connectivity index (χ1n) is 8.17. The minimum absolute atomic E-state index is 0.0534. The van der Waals surface area contributed by atoms with E-state index in [4.69, 9.17) is 4.42 Å². The van der Waals surface area contributed by atoms with E-state index in [0.717, 1.165) is 21.5 Å². The first-order valence-corrected chi connectivity index (χ1v) is 8.98. The van der Waals surface area contributed by atoms with Gasteiger partial charge in [-0.05, 0) is 24.6 Å². The SMILES string of the molecule is C=CCN(CC=C)C(=O)c1sc2ncnc(NCc3ccco3)c2c1C. The zero-order valence-electron chi connectivity index (χ0n) is 14.6. The highest BCUT2D eigenvalue weighted by Crippen LogP contribution is 2.34. The van der Waals surface area contributed by atoms with Crippen molar-refractivity contribution in [1.29, 1.82) is 0 Å². The highest BCUT2D eigenvalue weighted by atomic mass is 32.1. The number of nitrogens with one attached hydrogen (secondary N) is 1. The van der Waals surface area contributed by atoms with E-state index in [9.17, 15) is 4.79 Å². The Morgan fingerprint density at radius 1 is 1.35 bits per heavy atom. The van der Waals surface area contributed by atoms with Crippen LogP contribution in [-0.2, 0) is 6.54 Å². The van der Waals surface area contributed by atoms with Gasteiger partial charge in [-0.3, -0.25) is 4.79 Å². The zero-order valence-corrected chi connectivity index (χ0v) is 15.4. The van der Waals surface area contributed by atoms with Crippen LogP contribution in [0, 0.1) is 6.92 Å². The lowest BCUT2D eigenvalue weighted by Crippen LogP contribution is -2.31. The maximum absolute atomic E-state index is 12.9. The lowest BCUT2D eigenvalue weighted by atomic mass is 10.2. The summed E-state index contributed by atoms with van der Waals surface area (Å²) in [4.78, 5) is 24.7. The van der Waals surface area contributed by atoms with Gasteiger partial charge in [-0.2, -0.15) is 0 Å². The van der Waals surface area contributed by atoms with Crippen LogP contribution in [0.3, 0.4) is 0 Å². The van der Waals surface area contributed by atoms with Crippen molar-refractivity contribution in [3.63, 3.8) is 0 Å². The van der Waals surface area contributed by atoms with E-state index in [1.807, 2.05) is 19.1 Å². The van der Waals surface area contributed by atoms with Crippen molar-refractivity contribution in [3.8, 4) is 0 Å². The van der Waals surface area contributed by atoms with Crippen LogP contribution in [0.25, 0.3) is 10.2 Å². The predicted molar refractivity (Wildman–Crippen MR) is 104 cm³/mol. The summed E-state index contributed by atoms with van der Waals surface area (Å²) in [5.74, 6) is 1.45. The Morgan fingerprint density at radius 3 is 2.77 bits per heavy atom. The van der Waals surface area contributed by atoms with Crippen molar-refractivity contribution in [2.45, 2.75) is 13.5 Å². The fourth-order valence-corrected chi connectivity index (χ4v) is 3.81. The predicted octanol–water partition coefficient (Wildman–Crippen LogP) is 4.02. The molecule has 0 spiro atoms. The van der Waals surface area contributed by atoms with Crippen molar-refractivity contribution in [3.05, 3.63) is 66.2 Å². The van der Waals surface area contributed by atoms with Crippen LogP contribution in [0.1, 0.15) is 21.0 Å². The maximum atomic E-state index is 12.9. The van der Waals surface area contributed by atoms with Gasteiger partial charge in [0.2, 0.25) is 0 Å². The van der Waals surface area contributed by atoms with Crippen molar-refractivity contribution >= 4 is 33.3 Å². The zero-order chi connectivity index (χ0) is 18.5. The number of aromatic nitrogens is 2. The number of anilines is 1. The Hall–Kier alpha value is -2.93. The molecule has 6 nitrogen and oxygen atoms in total. The molecule has 0 saturated carbocycles. The van der Waals surface area contributed by atoms with E-state index in [2.05, 4.69) is 28.4 Å². The molecule has 0 unspecified atom stereocenters. The molecule has 0 fully saturated rings. The van der Waals surface area contributed by atoms with Crippen molar-refractivity contribution in [1.82, 2.24) is 14.9 Å². The fourth-order valence-electron chi connectivity index (χ4n) is 2.69. The lowest BCUT2D eigenvalue weighted by molar-refractivity contribution is 0.0795. The molecule has 3 rings (SSSR count). The standard InChI is InChI=1S/C19H20N4O2S/c1-4-8-23(9-5-2)19(24)16-13(3)15-17(21-12-22-18(15)26-16)20-11-14-7-6-10-25-14/h4-7,10,12H,1-2,8-9,11H2,3H3,(H,20,21,22). The summed E-state index contributed by atoms with van der Waals surface area (Å²) >= 11 is 1.38. The molecule has 3 heterocycles. The van der Waals surface area contributed by atoms with Crippen LogP contribution in [0.2, 0.25) is 0 Å². The number of rotatable bonds is 8. The molecule has 0 aromatic carbocycles. The molecule has 1 N–H and O–H groups in total. The quantitative estimate of drug-likeness (QED) is 0.608.